The average Bonchev–Trinajstić information content (AvgIpc) is 2.91. The molecule has 0 amide bonds. The first kappa shape index (κ1) is 14.0. The Balaban J connectivity index is 1.75. The van der Waals surface area contributed by atoms with Gasteiger partial charge in [0, 0.05) is 6.54 Å². The third-order valence-electron chi connectivity index (χ3n) is 4.26. The van der Waals surface area contributed by atoms with Crippen molar-refractivity contribution in [2.45, 2.75) is 25.8 Å². The van der Waals surface area contributed by atoms with Gasteiger partial charge in [-0.05, 0) is 58.0 Å². The first-order chi connectivity index (χ1) is 9.78. The Morgan fingerprint density at radius 2 is 2.30 bits per heavy atom. The Morgan fingerprint density at radius 3 is 3.10 bits per heavy atom. The van der Waals surface area contributed by atoms with Crippen molar-refractivity contribution in [1.29, 1.82) is 0 Å². The molecule has 2 unspecified atom stereocenters. The summed E-state index contributed by atoms with van der Waals surface area (Å²) in [5, 5.41) is 4.58. The molecule has 1 saturated heterocycles. The predicted molar refractivity (Wildman–Crippen MR) is 86.3 cm³/mol. The van der Waals surface area contributed by atoms with Gasteiger partial charge in [-0.3, -0.25) is 4.90 Å². The number of thiazole rings is 1. The van der Waals surface area contributed by atoms with E-state index in [0.29, 0.717) is 6.04 Å². The zero-order valence-electron chi connectivity index (χ0n) is 12.3. The Bertz CT molecular complexity index is 531. The van der Waals surface area contributed by atoms with Gasteiger partial charge in [-0.25, -0.2) is 4.98 Å². The van der Waals surface area contributed by atoms with Gasteiger partial charge in [-0.15, -0.1) is 11.3 Å². The van der Waals surface area contributed by atoms with E-state index in [4.69, 9.17) is 4.98 Å². The molecule has 1 N–H and O–H groups in total. The van der Waals surface area contributed by atoms with Crippen LogP contribution in [-0.4, -0.2) is 36.6 Å². The summed E-state index contributed by atoms with van der Waals surface area (Å²) in [5.74, 6) is 0.783. The summed E-state index contributed by atoms with van der Waals surface area (Å²) in [5.41, 5.74) is 1.14. The van der Waals surface area contributed by atoms with Gasteiger partial charge in [0.2, 0.25) is 0 Å². The van der Waals surface area contributed by atoms with E-state index in [1.807, 2.05) is 11.3 Å². The lowest BCUT2D eigenvalue weighted by Gasteiger charge is -2.36. The molecule has 4 heteroatoms. The molecule has 0 aliphatic carbocycles. The highest BCUT2D eigenvalue weighted by molar-refractivity contribution is 7.18. The summed E-state index contributed by atoms with van der Waals surface area (Å²) < 4.78 is 1.30. The van der Waals surface area contributed by atoms with Crippen molar-refractivity contribution in [3.05, 3.63) is 29.3 Å². The molecule has 1 aromatic carbocycles. The molecular formula is C16H23N3S. The smallest absolute Gasteiger partial charge is 0.111 e. The van der Waals surface area contributed by atoms with Crippen LogP contribution in [0.5, 0.6) is 0 Å². The van der Waals surface area contributed by atoms with Gasteiger partial charge in [-0.1, -0.05) is 12.1 Å². The summed E-state index contributed by atoms with van der Waals surface area (Å²) in [6, 6.07) is 8.89. The van der Waals surface area contributed by atoms with Crippen LogP contribution in [0.15, 0.2) is 24.3 Å². The number of piperidine rings is 1. The summed E-state index contributed by atoms with van der Waals surface area (Å²) in [4.78, 5) is 7.42. The largest absolute Gasteiger partial charge is 0.319 e. The van der Waals surface area contributed by atoms with E-state index >= 15 is 0 Å². The van der Waals surface area contributed by atoms with Crippen LogP contribution in [0.3, 0.4) is 0 Å². The SMILES string of the molecule is CNCC1CCCN(C(C)c2nc3ccccc3s2)C1. The minimum Gasteiger partial charge on any atom is -0.319 e. The lowest BCUT2D eigenvalue weighted by Crippen LogP contribution is -2.40. The lowest BCUT2D eigenvalue weighted by molar-refractivity contribution is 0.131. The van der Waals surface area contributed by atoms with Gasteiger partial charge < -0.3 is 5.32 Å². The standard InChI is InChI=1S/C16H23N3S/c1-12(19-9-5-6-13(11-19)10-17-2)16-18-14-7-3-4-8-15(14)20-16/h3-4,7-8,12-13,17H,5-6,9-11H2,1-2H3. The number of nitrogens with one attached hydrogen (secondary N) is 1. The summed E-state index contributed by atoms with van der Waals surface area (Å²) in [7, 11) is 2.05. The molecule has 0 saturated carbocycles. The van der Waals surface area contributed by atoms with Crippen LogP contribution < -0.4 is 5.32 Å². The number of likely N-dealkylation sites (tertiary alicyclic amines) is 1. The molecule has 3 nitrogen and oxygen atoms in total. The highest BCUT2D eigenvalue weighted by Gasteiger charge is 2.25. The first-order valence-corrected chi connectivity index (χ1v) is 8.33. The number of para-hydroxylation sites is 1. The van der Waals surface area contributed by atoms with Crippen molar-refractivity contribution in [3.63, 3.8) is 0 Å². The van der Waals surface area contributed by atoms with E-state index in [1.54, 1.807) is 0 Å². The average molecular weight is 289 g/mol. The molecule has 0 spiro atoms. The fraction of sp³-hybridized carbons (Fsp3) is 0.562. The fourth-order valence-corrected chi connectivity index (χ4v) is 4.18. The van der Waals surface area contributed by atoms with E-state index in [2.05, 4.69) is 48.5 Å². The second kappa shape index (κ2) is 6.20. The maximum absolute atomic E-state index is 4.82. The van der Waals surface area contributed by atoms with Gasteiger partial charge in [-0.2, -0.15) is 0 Å². The summed E-state index contributed by atoms with van der Waals surface area (Å²) >= 11 is 1.85. The molecular weight excluding hydrogens is 266 g/mol. The van der Waals surface area contributed by atoms with Gasteiger partial charge in [0.15, 0.2) is 0 Å². The Kier molecular flexibility index (Phi) is 4.34. The molecule has 1 aromatic heterocycles. The molecule has 1 aliphatic heterocycles. The highest BCUT2D eigenvalue weighted by Crippen LogP contribution is 2.31. The predicted octanol–water partition coefficient (Wildman–Crippen LogP) is 3.29. The van der Waals surface area contributed by atoms with E-state index < -0.39 is 0 Å². The molecule has 108 valence electrons. The summed E-state index contributed by atoms with van der Waals surface area (Å²) in [6.07, 6.45) is 2.66. The van der Waals surface area contributed by atoms with Gasteiger partial charge in [0.25, 0.3) is 0 Å². The molecule has 1 aliphatic rings. The third-order valence-corrected chi connectivity index (χ3v) is 5.47. The van der Waals surface area contributed by atoms with E-state index in [-0.39, 0.29) is 0 Å². The quantitative estimate of drug-likeness (QED) is 0.936. The minimum atomic E-state index is 0.437. The van der Waals surface area contributed by atoms with E-state index in [1.165, 1.54) is 35.6 Å². The lowest BCUT2D eigenvalue weighted by atomic mass is 9.97. The van der Waals surface area contributed by atoms with Crippen molar-refractivity contribution in [1.82, 2.24) is 15.2 Å². The van der Waals surface area contributed by atoms with Crippen LogP contribution in [0.1, 0.15) is 30.8 Å². The normalized spacial score (nSPS) is 22.2. The molecule has 0 radical (unpaired) electrons. The molecule has 2 heterocycles. The Morgan fingerprint density at radius 1 is 1.45 bits per heavy atom. The molecule has 3 rings (SSSR count). The van der Waals surface area contributed by atoms with Gasteiger partial charge in [0.05, 0.1) is 16.3 Å². The number of hydrogen-bond acceptors (Lipinski definition) is 4. The van der Waals surface area contributed by atoms with Crippen molar-refractivity contribution in [2.24, 2.45) is 5.92 Å². The van der Waals surface area contributed by atoms with Crippen molar-refractivity contribution >= 4 is 21.6 Å². The van der Waals surface area contributed by atoms with Crippen LogP contribution in [0.4, 0.5) is 0 Å². The molecule has 2 atom stereocenters. The summed E-state index contributed by atoms with van der Waals surface area (Å²) in [6.45, 7) is 5.83. The maximum atomic E-state index is 4.82. The zero-order valence-corrected chi connectivity index (χ0v) is 13.1. The minimum absolute atomic E-state index is 0.437. The van der Waals surface area contributed by atoms with E-state index in [0.717, 1.165) is 18.0 Å². The van der Waals surface area contributed by atoms with Crippen molar-refractivity contribution in [3.8, 4) is 0 Å². The molecule has 20 heavy (non-hydrogen) atoms. The Hall–Kier alpha value is -0.970. The van der Waals surface area contributed by atoms with Crippen LogP contribution in [0.25, 0.3) is 10.2 Å². The van der Waals surface area contributed by atoms with E-state index in [9.17, 15) is 0 Å². The maximum Gasteiger partial charge on any atom is 0.111 e. The van der Waals surface area contributed by atoms with Crippen LogP contribution in [0, 0.1) is 5.92 Å². The monoisotopic (exact) mass is 289 g/mol. The third kappa shape index (κ3) is 2.87. The topological polar surface area (TPSA) is 28.2 Å². The number of nitrogens with zero attached hydrogens (tertiary/aromatic N) is 2. The highest BCUT2D eigenvalue weighted by atomic mass is 32.1. The first-order valence-electron chi connectivity index (χ1n) is 7.52. The second-order valence-corrected chi connectivity index (χ2v) is 6.82. The van der Waals surface area contributed by atoms with Crippen LogP contribution in [-0.2, 0) is 0 Å². The Labute approximate surface area is 125 Å². The number of fused-ring (bicyclic) bond motifs is 1. The molecule has 0 bridgehead atoms. The number of rotatable bonds is 4. The van der Waals surface area contributed by atoms with Gasteiger partial charge >= 0.3 is 0 Å². The van der Waals surface area contributed by atoms with Crippen LogP contribution >= 0.6 is 11.3 Å². The number of aromatic nitrogens is 1. The number of benzene rings is 1. The van der Waals surface area contributed by atoms with Crippen LogP contribution in [0.2, 0.25) is 0 Å². The second-order valence-electron chi connectivity index (χ2n) is 5.76. The van der Waals surface area contributed by atoms with Crippen molar-refractivity contribution < 1.29 is 0 Å². The number of hydrogen-bond donors (Lipinski definition) is 1. The fourth-order valence-electron chi connectivity index (χ4n) is 3.13. The molecule has 1 fully saturated rings. The van der Waals surface area contributed by atoms with Crippen molar-refractivity contribution in [2.75, 3.05) is 26.7 Å². The molecule has 2 aromatic rings. The zero-order chi connectivity index (χ0) is 13.9. The van der Waals surface area contributed by atoms with Gasteiger partial charge in [0.1, 0.15) is 5.01 Å².